The molecule has 3 amide bonds. The number of imide groups is 1. The Morgan fingerprint density at radius 2 is 1.67 bits per heavy atom. The van der Waals surface area contributed by atoms with Crippen LogP contribution < -0.4 is 5.32 Å². The smallest absolute Gasteiger partial charge is 0.318 e. The highest BCUT2D eigenvalue weighted by Gasteiger charge is 2.34. The predicted molar refractivity (Wildman–Crippen MR) is 132 cm³/mol. The van der Waals surface area contributed by atoms with Crippen LogP contribution in [-0.4, -0.2) is 21.4 Å². The molecular formula is C27H28ClN3O2. The Hall–Kier alpha value is -3.31. The van der Waals surface area contributed by atoms with E-state index in [1.165, 1.54) is 10.5 Å². The number of aromatic nitrogens is 1. The van der Waals surface area contributed by atoms with E-state index in [1.807, 2.05) is 38.1 Å². The maximum absolute atomic E-state index is 13.0. The Morgan fingerprint density at radius 3 is 2.30 bits per heavy atom. The summed E-state index contributed by atoms with van der Waals surface area (Å²) < 4.78 is 2.15. The van der Waals surface area contributed by atoms with E-state index in [-0.39, 0.29) is 23.6 Å². The maximum Gasteiger partial charge on any atom is 0.329 e. The van der Waals surface area contributed by atoms with Crippen LogP contribution in [0.15, 0.2) is 60.3 Å². The molecule has 0 bridgehead atoms. The summed E-state index contributed by atoms with van der Waals surface area (Å²) in [5.74, 6) is -0.362. The molecule has 1 aromatic heterocycles. The molecule has 0 saturated carbocycles. The molecule has 2 heterocycles. The molecule has 0 radical (unpaired) electrons. The number of carbonyl (C=O) groups excluding carboxylic acids is 2. The molecule has 1 saturated heterocycles. The zero-order chi connectivity index (χ0) is 23.9. The highest BCUT2D eigenvalue weighted by molar-refractivity contribution is 6.31. The van der Waals surface area contributed by atoms with Crippen molar-refractivity contribution in [3.63, 3.8) is 0 Å². The lowest BCUT2D eigenvalue weighted by Crippen LogP contribution is -2.30. The number of rotatable bonds is 4. The van der Waals surface area contributed by atoms with Crippen molar-refractivity contribution in [3.05, 3.63) is 93.4 Å². The lowest BCUT2D eigenvalue weighted by atomic mass is 9.87. The minimum Gasteiger partial charge on any atom is -0.318 e. The number of urea groups is 1. The Labute approximate surface area is 199 Å². The lowest BCUT2D eigenvalue weighted by molar-refractivity contribution is -0.123. The molecule has 5 nitrogen and oxygen atoms in total. The molecule has 0 aliphatic carbocycles. The molecule has 170 valence electrons. The first kappa shape index (κ1) is 22.9. The van der Waals surface area contributed by atoms with Gasteiger partial charge in [-0.3, -0.25) is 9.69 Å². The molecule has 4 rings (SSSR count). The number of carbonyl (C=O) groups is 2. The summed E-state index contributed by atoms with van der Waals surface area (Å²) in [5.41, 5.74) is 6.33. The van der Waals surface area contributed by atoms with Crippen LogP contribution in [0.1, 0.15) is 48.8 Å². The fraction of sp³-hybridized carbons (Fsp3) is 0.259. The summed E-state index contributed by atoms with van der Waals surface area (Å²) in [4.78, 5) is 26.6. The minimum atomic E-state index is -0.447. The van der Waals surface area contributed by atoms with Gasteiger partial charge in [-0.2, -0.15) is 0 Å². The molecule has 0 atom stereocenters. The van der Waals surface area contributed by atoms with Crippen molar-refractivity contribution < 1.29 is 9.59 Å². The molecule has 33 heavy (non-hydrogen) atoms. The normalized spacial score (nSPS) is 15.5. The van der Waals surface area contributed by atoms with E-state index in [0.29, 0.717) is 5.02 Å². The van der Waals surface area contributed by atoms with Gasteiger partial charge in [-0.15, -0.1) is 0 Å². The predicted octanol–water partition coefficient (Wildman–Crippen LogP) is 6.14. The standard InChI is InChI=1S/C27H28ClN3O2/c1-17-14-20(18(2)31(17)22-12-10-21(11-13-22)27(3,4)5)15-24-25(32)30(26(33)29-24)16-19-8-6-7-9-23(19)28/h6-15H,16H2,1-5H3,(H,29,33)/b24-15+. The van der Waals surface area contributed by atoms with Crippen LogP contribution in [0, 0.1) is 13.8 Å². The average Bonchev–Trinajstić information content (AvgIpc) is 3.18. The highest BCUT2D eigenvalue weighted by atomic mass is 35.5. The fourth-order valence-electron chi connectivity index (χ4n) is 4.11. The van der Waals surface area contributed by atoms with Crippen molar-refractivity contribution >= 4 is 29.6 Å². The van der Waals surface area contributed by atoms with Gasteiger partial charge in [-0.25, -0.2) is 4.79 Å². The van der Waals surface area contributed by atoms with E-state index in [0.717, 1.165) is 28.2 Å². The molecule has 1 aliphatic heterocycles. The number of halogens is 1. The number of aryl methyl sites for hydroxylation is 1. The molecule has 2 aromatic carbocycles. The van der Waals surface area contributed by atoms with Gasteiger partial charge in [0.25, 0.3) is 5.91 Å². The second kappa shape index (κ2) is 8.56. The zero-order valence-corrected chi connectivity index (χ0v) is 20.3. The van der Waals surface area contributed by atoms with Crippen LogP contribution in [0.3, 0.4) is 0 Å². The first-order valence-electron chi connectivity index (χ1n) is 10.9. The summed E-state index contributed by atoms with van der Waals surface area (Å²) in [7, 11) is 0. The zero-order valence-electron chi connectivity index (χ0n) is 19.6. The van der Waals surface area contributed by atoms with E-state index in [2.05, 4.69) is 54.9 Å². The molecule has 1 aliphatic rings. The first-order valence-corrected chi connectivity index (χ1v) is 11.3. The Morgan fingerprint density at radius 1 is 1.00 bits per heavy atom. The van der Waals surface area contributed by atoms with Gasteiger partial charge in [0.2, 0.25) is 0 Å². The van der Waals surface area contributed by atoms with E-state index in [4.69, 9.17) is 11.6 Å². The van der Waals surface area contributed by atoms with E-state index < -0.39 is 6.03 Å². The van der Waals surface area contributed by atoms with Gasteiger partial charge in [0.05, 0.1) is 6.54 Å². The van der Waals surface area contributed by atoms with Gasteiger partial charge in [-0.1, -0.05) is 62.7 Å². The molecule has 6 heteroatoms. The van der Waals surface area contributed by atoms with Crippen LogP contribution in [0.5, 0.6) is 0 Å². The van der Waals surface area contributed by atoms with Crippen molar-refractivity contribution in [1.82, 2.24) is 14.8 Å². The summed E-state index contributed by atoms with van der Waals surface area (Å²) >= 11 is 6.21. The van der Waals surface area contributed by atoms with Crippen molar-refractivity contribution in [2.75, 3.05) is 0 Å². The Balaban J connectivity index is 1.62. The van der Waals surface area contributed by atoms with Crippen molar-refractivity contribution in [2.45, 2.75) is 46.6 Å². The topological polar surface area (TPSA) is 54.3 Å². The third-order valence-corrected chi connectivity index (χ3v) is 6.38. The monoisotopic (exact) mass is 461 g/mol. The number of hydrogen-bond donors (Lipinski definition) is 1. The van der Waals surface area contributed by atoms with Gasteiger partial charge in [-0.05, 0) is 66.3 Å². The van der Waals surface area contributed by atoms with E-state index in [1.54, 1.807) is 12.1 Å². The first-order chi connectivity index (χ1) is 15.6. The Kier molecular flexibility index (Phi) is 5.93. The van der Waals surface area contributed by atoms with Crippen molar-refractivity contribution in [3.8, 4) is 5.69 Å². The quantitative estimate of drug-likeness (QED) is 0.375. The van der Waals surface area contributed by atoms with Crippen molar-refractivity contribution in [1.29, 1.82) is 0 Å². The Bertz CT molecular complexity index is 1260. The summed E-state index contributed by atoms with van der Waals surface area (Å²) in [5, 5.41) is 3.23. The van der Waals surface area contributed by atoms with Gasteiger partial charge in [0.15, 0.2) is 0 Å². The van der Waals surface area contributed by atoms with Gasteiger partial charge in [0.1, 0.15) is 5.70 Å². The number of nitrogens with zero attached hydrogens (tertiary/aromatic N) is 2. The highest BCUT2D eigenvalue weighted by Crippen LogP contribution is 2.27. The molecular weight excluding hydrogens is 434 g/mol. The second-order valence-corrected chi connectivity index (χ2v) is 9.84. The molecule has 1 N–H and O–H groups in total. The lowest BCUT2D eigenvalue weighted by Gasteiger charge is -2.20. The molecule has 3 aromatic rings. The van der Waals surface area contributed by atoms with E-state index >= 15 is 0 Å². The number of amides is 3. The molecule has 0 spiro atoms. The SMILES string of the molecule is Cc1cc(/C=C2/NC(=O)N(Cc3ccccc3Cl)C2=O)c(C)n1-c1ccc(C(C)(C)C)cc1. The largest absolute Gasteiger partial charge is 0.329 e. The number of nitrogens with one attached hydrogen (secondary N) is 1. The number of benzene rings is 2. The third-order valence-electron chi connectivity index (χ3n) is 6.01. The summed E-state index contributed by atoms with van der Waals surface area (Å²) in [6.45, 7) is 10.8. The van der Waals surface area contributed by atoms with E-state index in [9.17, 15) is 9.59 Å². The van der Waals surface area contributed by atoms with Crippen LogP contribution in [0.4, 0.5) is 4.79 Å². The average molecular weight is 462 g/mol. The third kappa shape index (κ3) is 4.46. The minimum absolute atomic E-state index is 0.0891. The van der Waals surface area contributed by atoms with Crippen LogP contribution >= 0.6 is 11.6 Å². The van der Waals surface area contributed by atoms with Gasteiger partial charge >= 0.3 is 6.03 Å². The van der Waals surface area contributed by atoms with Crippen molar-refractivity contribution in [2.24, 2.45) is 0 Å². The molecule has 1 fully saturated rings. The van der Waals surface area contributed by atoms with Gasteiger partial charge in [0, 0.05) is 22.1 Å². The maximum atomic E-state index is 13.0. The summed E-state index contributed by atoms with van der Waals surface area (Å²) in [6.07, 6.45) is 1.75. The van der Waals surface area contributed by atoms with Crippen LogP contribution in [0.2, 0.25) is 5.02 Å². The van der Waals surface area contributed by atoms with Crippen LogP contribution in [-0.2, 0) is 16.8 Å². The fourth-order valence-corrected chi connectivity index (χ4v) is 4.30. The number of hydrogen-bond acceptors (Lipinski definition) is 2. The van der Waals surface area contributed by atoms with Crippen LogP contribution in [0.25, 0.3) is 11.8 Å². The second-order valence-electron chi connectivity index (χ2n) is 9.43. The van der Waals surface area contributed by atoms with Gasteiger partial charge < -0.3 is 9.88 Å². The molecule has 0 unspecified atom stereocenters. The summed E-state index contributed by atoms with van der Waals surface area (Å²) in [6, 6.07) is 17.3.